The van der Waals surface area contributed by atoms with Crippen LogP contribution in [0.15, 0.2) is 30.3 Å². The highest BCUT2D eigenvalue weighted by atomic mass is 19.4. The lowest BCUT2D eigenvalue weighted by Gasteiger charge is -2.29. The smallest absolute Gasteiger partial charge is 0.471 e. The number of hydrogen-bond acceptors (Lipinski definition) is 6. The first-order chi connectivity index (χ1) is 15.8. The Labute approximate surface area is 189 Å². The number of anilines is 1. The van der Waals surface area contributed by atoms with E-state index in [1.807, 2.05) is 0 Å². The van der Waals surface area contributed by atoms with Gasteiger partial charge >= 0.3 is 24.0 Å². The zero-order valence-electron chi connectivity index (χ0n) is 17.8. The van der Waals surface area contributed by atoms with Gasteiger partial charge in [0.1, 0.15) is 5.69 Å². The Morgan fingerprint density at radius 3 is 2.38 bits per heavy atom. The van der Waals surface area contributed by atoms with Gasteiger partial charge in [0.15, 0.2) is 5.82 Å². The van der Waals surface area contributed by atoms with Crippen molar-refractivity contribution in [3.05, 3.63) is 53.0 Å². The number of amides is 1. The van der Waals surface area contributed by atoms with Gasteiger partial charge in [-0.05, 0) is 25.1 Å². The van der Waals surface area contributed by atoms with E-state index in [0.717, 1.165) is 25.3 Å². The largest absolute Gasteiger partial charge is 0.481 e. The number of nitriles is 1. The van der Waals surface area contributed by atoms with Gasteiger partial charge in [0.2, 0.25) is 5.88 Å². The zero-order chi connectivity index (χ0) is 25.7. The van der Waals surface area contributed by atoms with Gasteiger partial charge in [0, 0.05) is 11.6 Å². The van der Waals surface area contributed by atoms with Crippen molar-refractivity contribution in [3.8, 4) is 11.9 Å². The highest BCUT2D eigenvalue weighted by Crippen LogP contribution is 2.35. The Hall–Kier alpha value is -3.82. The molecule has 182 valence electrons. The number of methoxy groups -OCH3 is 1. The lowest BCUT2D eigenvalue weighted by Crippen LogP contribution is -2.47. The van der Waals surface area contributed by atoms with Crippen LogP contribution in [-0.2, 0) is 26.7 Å². The minimum absolute atomic E-state index is 0.111. The van der Waals surface area contributed by atoms with Crippen LogP contribution in [0.1, 0.15) is 23.7 Å². The molecule has 0 aliphatic rings. The first kappa shape index (κ1) is 26.4. The maximum absolute atomic E-state index is 15.2. The van der Waals surface area contributed by atoms with Gasteiger partial charge < -0.3 is 9.47 Å². The number of carbonyl (C=O) groups excluding carboxylic acids is 2. The molecular weight excluding hydrogens is 472 g/mol. The summed E-state index contributed by atoms with van der Waals surface area (Å²) >= 11 is 0. The molecular formula is C21H17F6N3O4. The normalized spacial score (nSPS) is 11.5. The lowest BCUT2D eigenvalue weighted by molar-refractivity contribution is -0.171. The van der Waals surface area contributed by atoms with E-state index in [9.17, 15) is 31.5 Å². The molecule has 13 heteroatoms. The number of nitrogens with zero attached hydrogens (tertiary/aromatic N) is 3. The zero-order valence-corrected chi connectivity index (χ0v) is 17.8. The van der Waals surface area contributed by atoms with Crippen LogP contribution in [0, 0.1) is 17.1 Å². The summed E-state index contributed by atoms with van der Waals surface area (Å²) in [4.78, 5) is 26.8. The second-order valence-electron chi connectivity index (χ2n) is 6.68. The molecule has 1 amide bonds. The van der Waals surface area contributed by atoms with E-state index in [4.69, 9.17) is 10.00 Å². The van der Waals surface area contributed by atoms with Gasteiger partial charge in [-0.2, -0.15) is 27.2 Å². The monoisotopic (exact) mass is 489 g/mol. The molecule has 0 unspecified atom stereocenters. The fourth-order valence-corrected chi connectivity index (χ4v) is 2.88. The van der Waals surface area contributed by atoms with E-state index in [2.05, 4.69) is 9.72 Å². The molecule has 0 N–H and O–H groups in total. The number of aromatic nitrogens is 1. The summed E-state index contributed by atoms with van der Waals surface area (Å²) in [6.45, 7) is -0.623. The van der Waals surface area contributed by atoms with Crippen molar-refractivity contribution >= 4 is 17.6 Å². The first-order valence-corrected chi connectivity index (χ1v) is 9.50. The van der Waals surface area contributed by atoms with E-state index in [-0.39, 0.29) is 12.5 Å². The summed E-state index contributed by atoms with van der Waals surface area (Å²) < 4.78 is 94.2. The highest BCUT2D eigenvalue weighted by molar-refractivity contribution is 5.98. The predicted molar refractivity (Wildman–Crippen MR) is 105 cm³/mol. The third-order valence-corrected chi connectivity index (χ3v) is 4.41. The topological polar surface area (TPSA) is 92.5 Å². The summed E-state index contributed by atoms with van der Waals surface area (Å²) in [6.07, 6.45) is -6.53. The maximum Gasteiger partial charge on any atom is 0.471 e. The summed E-state index contributed by atoms with van der Waals surface area (Å²) in [6, 6.07) is 6.03. The third kappa shape index (κ3) is 5.94. The van der Waals surface area contributed by atoms with Crippen molar-refractivity contribution in [2.45, 2.75) is 25.4 Å². The molecule has 0 aliphatic heterocycles. The number of pyridine rings is 1. The van der Waals surface area contributed by atoms with Crippen LogP contribution in [0.4, 0.5) is 32.0 Å². The van der Waals surface area contributed by atoms with Crippen LogP contribution >= 0.6 is 0 Å². The van der Waals surface area contributed by atoms with E-state index in [1.54, 1.807) is 6.07 Å². The van der Waals surface area contributed by atoms with Crippen molar-refractivity contribution in [2.75, 3.05) is 25.2 Å². The molecule has 0 radical (unpaired) electrons. The molecule has 0 saturated carbocycles. The molecule has 0 aliphatic carbocycles. The van der Waals surface area contributed by atoms with Gasteiger partial charge in [0.25, 0.3) is 0 Å². The Morgan fingerprint density at radius 1 is 1.15 bits per heavy atom. The van der Waals surface area contributed by atoms with Crippen LogP contribution in [0.2, 0.25) is 0 Å². The van der Waals surface area contributed by atoms with E-state index in [0.29, 0.717) is 6.07 Å². The average Bonchev–Trinajstić information content (AvgIpc) is 2.78. The number of rotatable bonds is 8. The summed E-state index contributed by atoms with van der Waals surface area (Å²) in [5.74, 6) is -9.89. The quantitative estimate of drug-likeness (QED) is 0.413. The van der Waals surface area contributed by atoms with Gasteiger partial charge in [-0.3, -0.25) is 14.5 Å². The third-order valence-electron chi connectivity index (χ3n) is 4.41. The number of ether oxygens (including phenoxy) is 2. The number of halogens is 6. The number of benzene rings is 1. The molecule has 0 fully saturated rings. The van der Waals surface area contributed by atoms with Crippen LogP contribution in [0.25, 0.3) is 0 Å². The van der Waals surface area contributed by atoms with E-state index < -0.39 is 70.2 Å². The van der Waals surface area contributed by atoms with Crippen molar-refractivity contribution in [1.29, 1.82) is 5.26 Å². The van der Waals surface area contributed by atoms with E-state index >= 15 is 4.39 Å². The molecule has 34 heavy (non-hydrogen) atoms. The fraction of sp³-hybridized carbons (Fsp3) is 0.333. The Morgan fingerprint density at radius 2 is 1.82 bits per heavy atom. The minimum Gasteiger partial charge on any atom is -0.481 e. The van der Waals surface area contributed by atoms with E-state index in [1.165, 1.54) is 13.0 Å². The molecule has 2 rings (SSSR count). The predicted octanol–water partition coefficient (Wildman–Crippen LogP) is 3.89. The van der Waals surface area contributed by atoms with Crippen molar-refractivity contribution in [2.24, 2.45) is 0 Å². The fourth-order valence-electron chi connectivity index (χ4n) is 2.88. The van der Waals surface area contributed by atoms with Crippen LogP contribution in [-0.4, -0.2) is 43.3 Å². The van der Waals surface area contributed by atoms with Crippen molar-refractivity contribution in [1.82, 2.24) is 4.98 Å². The average molecular weight is 489 g/mol. The number of carbonyl (C=O) groups is 2. The minimum atomic E-state index is -5.65. The summed E-state index contributed by atoms with van der Waals surface area (Å²) in [5.41, 5.74) is -3.40. The molecule has 7 nitrogen and oxygen atoms in total. The molecule has 2 aromatic rings. The molecule has 1 aromatic carbocycles. The molecule has 1 aromatic heterocycles. The number of esters is 1. The molecule has 0 spiro atoms. The molecule has 0 bridgehead atoms. The van der Waals surface area contributed by atoms with Crippen LogP contribution in [0.5, 0.6) is 5.88 Å². The first-order valence-electron chi connectivity index (χ1n) is 9.50. The van der Waals surface area contributed by atoms with Gasteiger partial charge in [0.05, 0.1) is 44.0 Å². The van der Waals surface area contributed by atoms with Crippen LogP contribution < -0.4 is 9.64 Å². The summed E-state index contributed by atoms with van der Waals surface area (Å²) in [7, 11) is 1.13. The standard InChI is InChI=1S/C21H17F6N3O4/c1-3-34-17(31)9-13-12(10-28)7-8-14(18(13)22)30(19(32)21(25,26)27)11-20(23,24)15-5-4-6-16(29-15)33-2/h4-8H,3,9,11H2,1-2H3. The Kier molecular flexibility index (Phi) is 8.09. The molecule has 1 heterocycles. The van der Waals surface area contributed by atoms with Crippen molar-refractivity contribution < 1.29 is 45.4 Å². The number of alkyl halides is 5. The lowest BCUT2D eigenvalue weighted by atomic mass is 10.0. The van der Waals surface area contributed by atoms with Gasteiger partial charge in [-0.1, -0.05) is 6.07 Å². The van der Waals surface area contributed by atoms with Crippen molar-refractivity contribution in [3.63, 3.8) is 0 Å². The SMILES string of the molecule is CCOC(=O)Cc1c(C#N)ccc(N(CC(F)(F)c2cccc(OC)n2)C(=O)C(F)(F)F)c1F. The molecule has 0 saturated heterocycles. The van der Waals surface area contributed by atoms with Crippen LogP contribution in [0.3, 0.4) is 0 Å². The summed E-state index contributed by atoms with van der Waals surface area (Å²) in [5, 5.41) is 9.17. The number of hydrogen-bond donors (Lipinski definition) is 0. The maximum atomic E-state index is 15.2. The molecule has 0 atom stereocenters. The second kappa shape index (κ2) is 10.4. The Balaban J connectivity index is 2.62. The Bertz CT molecular complexity index is 1110. The van der Waals surface area contributed by atoms with Gasteiger partial charge in [-0.25, -0.2) is 9.37 Å². The highest BCUT2D eigenvalue weighted by Gasteiger charge is 2.48. The second-order valence-corrected chi connectivity index (χ2v) is 6.68. The van der Waals surface area contributed by atoms with Gasteiger partial charge in [-0.15, -0.1) is 0 Å².